The van der Waals surface area contributed by atoms with Gasteiger partial charge in [-0.2, -0.15) is 0 Å². The Morgan fingerprint density at radius 1 is 1.42 bits per heavy atom. The van der Waals surface area contributed by atoms with E-state index in [1.54, 1.807) is 24.3 Å². The molecule has 0 atom stereocenters. The van der Waals surface area contributed by atoms with Gasteiger partial charge in [-0.15, -0.1) is 0 Å². The number of halogens is 1. The summed E-state index contributed by atoms with van der Waals surface area (Å²) < 4.78 is 26.5. The lowest BCUT2D eigenvalue weighted by Gasteiger charge is -2.07. The largest absolute Gasteiger partial charge is 0.484 e. The van der Waals surface area contributed by atoms with E-state index in [0.29, 0.717) is 10.8 Å². The number of amides is 1. The van der Waals surface area contributed by atoms with Crippen LogP contribution in [0.25, 0.3) is 0 Å². The molecule has 6 nitrogen and oxygen atoms in total. The molecular weight excluding hydrogens is 292 g/mol. The van der Waals surface area contributed by atoms with Crippen LogP contribution in [0.4, 0.5) is 0 Å². The van der Waals surface area contributed by atoms with E-state index in [-0.39, 0.29) is 31.2 Å². The zero-order valence-electron chi connectivity index (χ0n) is 10.1. The number of carbonyl (C=O) groups excluding carboxylic acids is 1. The van der Waals surface area contributed by atoms with E-state index in [1.807, 2.05) is 0 Å². The summed E-state index contributed by atoms with van der Waals surface area (Å²) in [7, 11) is -3.48. The minimum atomic E-state index is -3.48. The average Bonchev–Trinajstić information content (AvgIpc) is 2.31. The Morgan fingerprint density at radius 2 is 2.16 bits per heavy atom. The molecule has 1 aromatic carbocycles. The lowest BCUT2D eigenvalue weighted by Crippen LogP contribution is -2.31. The number of nitrogens with two attached hydrogens (primary N) is 1. The van der Waals surface area contributed by atoms with Crippen LogP contribution >= 0.6 is 11.6 Å². The first-order chi connectivity index (χ1) is 8.87. The Bertz CT molecular complexity index is 533. The van der Waals surface area contributed by atoms with Crippen LogP contribution in [0.2, 0.25) is 5.02 Å². The van der Waals surface area contributed by atoms with Crippen LogP contribution in [0.3, 0.4) is 0 Å². The highest BCUT2D eigenvalue weighted by Gasteiger charge is 2.05. The fourth-order valence-electron chi connectivity index (χ4n) is 1.26. The number of nitrogens with one attached hydrogen (secondary N) is 1. The van der Waals surface area contributed by atoms with Crippen LogP contribution in [0.15, 0.2) is 24.3 Å². The number of sulfonamides is 1. The molecule has 0 aliphatic carbocycles. The van der Waals surface area contributed by atoms with Gasteiger partial charge in [0.2, 0.25) is 10.0 Å². The fourth-order valence-corrected chi connectivity index (χ4v) is 1.98. The third kappa shape index (κ3) is 7.66. The highest BCUT2D eigenvalue weighted by molar-refractivity contribution is 7.89. The van der Waals surface area contributed by atoms with Gasteiger partial charge in [-0.25, -0.2) is 13.6 Å². The van der Waals surface area contributed by atoms with Crippen molar-refractivity contribution in [3.8, 4) is 5.75 Å². The molecule has 0 bridgehead atoms. The molecule has 0 heterocycles. The van der Waals surface area contributed by atoms with Crippen molar-refractivity contribution in [3.05, 3.63) is 29.3 Å². The van der Waals surface area contributed by atoms with Gasteiger partial charge >= 0.3 is 0 Å². The molecule has 0 fully saturated rings. The second kappa shape index (κ2) is 7.32. The van der Waals surface area contributed by atoms with E-state index in [9.17, 15) is 13.2 Å². The Hall–Kier alpha value is -1.31. The second-order valence-electron chi connectivity index (χ2n) is 3.82. The first-order valence-corrected chi connectivity index (χ1v) is 7.62. The van der Waals surface area contributed by atoms with E-state index in [2.05, 4.69) is 5.32 Å². The molecule has 0 saturated carbocycles. The van der Waals surface area contributed by atoms with Crippen LogP contribution < -0.4 is 15.2 Å². The lowest BCUT2D eigenvalue weighted by atomic mass is 10.3. The smallest absolute Gasteiger partial charge is 0.257 e. The van der Waals surface area contributed by atoms with E-state index in [4.69, 9.17) is 21.5 Å². The van der Waals surface area contributed by atoms with Crippen LogP contribution in [0, 0.1) is 0 Å². The van der Waals surface area contributed by atoms with Gasteiger partial charge in [0.1, 0.15) is 5.75 Å². The minimum Gasteiger partial charge on any atom is -0.484 e. The normalized spacial score (nSPS) is 11.1. The Morgan fingerprint density at radius 3 is 2.79 bits per heavy atom. The standard InChI is InChI=1S/C11H15ClN2O4S/c12-9-3-1-4-10(7-9)18-8-11(15)14-5-2-6-19(13,16)17/h1,3-4,7H,2,5-6,8H2,(H,14,15)(H2,13,16,17). The van der Waals surface area contributed by atoms with Crippen molar-refractivity contribution >= 4 is 27.5 Å². The SMILES string of the molecule is NS(=O)(=O)CCCNC(=O)COc1cccc(Cl)c1. The molecular formula is C11H15ClN2O4S. The monoisotopic (exact) mass is 306 g/mol. The summed E-state index contributed by atoms with van der Waals surface area (Å²) in [6.45, 7) is 0.0733. The number of ether oxygens (including phenoxy) is 1. The molecule has 0 saturated heterocycles. The molecule has 106 valence electrons. The highest BCUT2D eigenvalue weighted by Crippen LogP contribution is 2.16. The van der Waals surface area contributed by atoms with Gasteiger partial charge in [0.25, 0.3) is 5.91 Å². The molecule has 8 heteroatoms. The van der Waals surface area contributed by atoms with Crippen molar-refractivity contribution in [1.29, 1.82) is 0 Å². The lowest BCUT2D eigenvalue weighted by molar-refractivity contribution is -0.123. The summed E-state index contributed by atoms with van der Waals surface area (Å²) in [6.07, 6.45) is 0.266. The maximum absolute atomic E-state index is 11.4. The summed E-state index contributed by atoms with van der Waals surface area (Å²) in [6, 6.07) is 6.68. The molecule has 0 aliphatic rings. The third-order valence-corrected chi connectivity index (χ3v) is 3.19. The molecule has 1 amide bonds. The summed E-state index contributed by atoms with van der Waals surface area (Å²) >= 11 is 5.76. The summed E-state index contributed by atoms with van der Waals surface area (Å²) in [5.41, 5.74) is 0. The number of primary sulfonamides is 1. The van der Waals surface area contributed by atoms with E-state index in [1.165, 1.54) is 0 Å². The average molecular weight is 307 g/mol. The Kier molecular flexibility index (Phi) is 6.07. The summed E-state index contributed by atoms with van der Waals surface area (Å²) in [4.78, 5) is 11.4. The predicted octanol–water partition coefficient (Wildman–Crippen LogP) is 0.514. The highest BCUT2D eigenvalue weighted by atomic mass is 35.5. The number of carbonyl (C=O) groups is 1. The third-order valence-electron chi connectivity index (χ3n) is 2.09. The summed E-state index contributed by atoms with van der Waals surface area (Å²) in [5, 5.41) is 7.87. The Labute approximate surface area is 116 Å². The molecule has 0 aliphatic heterocycles. The zero-order valence-corrected chi connectivity index (χ0v) is 11.7. The van der Waals surface area contributed by atoms with Gasteiger partial charge < -0.3 is 10.1 Å². The minimum absolute atomic E-state index is 0.157. The van der Waals surface area contributed by atoms with Crippen molar-refractivity contribution in [3.63, 3.8) is 0 Å². The second-order valence-corrected chi connectivity index (χ2v) is 5.99. The van der Waals surface area contributed by atoms with E-state index in [0.717, 1.165) is 0 Å². The molecule has 0 unspecified atom stereocenters. The first kappa shape index (κ1) is 15.7. The molecule has 0 spiro atoms. The van der Waals surface area contributed by atoms with Crippen molar-refractivity contribution in [2.24, 2.45) is 5.14 Å². The number of rotatable bonds is 7. The van der Waals surface area contributed by atoms with Crippen molar-refractivity contribution < 1.29 is 17.9 Å². The molecule has 0 aromatic heterocycles. The summed E-state index contributed by atoms with van der Waals surface area (Å²) in [5.74, 6) is -0.0100. The van der Waals surface area contributed by atoms with Gasteiger partial charge in [-0.3, -0.25) is 4.79 Å². The fraction of sp³-hybridized carbons (Fsp3) is 0.364. The van der Waals surface area contributed by atoms with Gasteiger partial charge in [0, 0.05) is 11.6 Å². The number of benzene rings is 1. The number of hydrogen-bond acceptors (Lipinski definition) is 4. The van der Waals surface area contributed by atoms with Crippen LogP contribution in [-0.4, -0.2) is 33.2 Å². The van der Waals surface area contributed by atoms with Gasteiger partial charge in [0.15, 0.2) is 6.61 Å². The molecule has 19 heavy (non-hydrogen) atoms. The van der Waals surface area contributed by atoms with Crippen molar-refractivity contribution in [2.45, 2.75) is 6.42 Å². The Balaban J connectivity index is 2.21. The van der Waals surface area contributed by atoms with Gasteiger partial charge in [-0.1, -0.05) is 17.7 Å². The number of hydrogen-bond donors (Lipinski definition) is 2. The van der Waals surface area contributed by atoms with Crippen LogP contribution in [-0.2, 0) is 14.8 Å². The van der Waals surface area contributed by atoms with Crippen molar-refractivity contribution in [2.75, 3.05) is 18.9 Å². The van der Waals surface area contributed by atoms with Gasteiger partial charge in [-0.05, 0) is 24.6 Å². The topological polar surface area (TPSA) is 98.5 Å². The van der Waals surface area contributed by atoms with E-state index < -0.39 is 10.0 Å². The van der Waals surface area contributed by atoms with Crippen molar-refractivity contribution in [1.82, 2.24) is 5.32 Å². The first-order valence-electron chi connectivity index (χ1n) is 5.52. The molecule has 0 radical (unpaired) electrons. The zero-order chi connectivity index (χ0) is 14.3. The quantitative estimate of drug-likeness (QED) is 0.717. The molecule has 1 rings (SSSR count). The maximum Gasteiger partial charge on any atom is 0.257 e. The maximum atomic E-state index is 11.4. The predicted molar refractivity (Wildman–Crippen MR) is 72.5 cm³/mol. The van der Waals surface area contributed by atoms with Crippen LogP contribution in [0.1, 0.15) is 6.42 Å². The molecule has 3 N–H and O–H groups in total. The van der Waals surface area contributed by atoms with E-state index >= 15 is 0 Å². The molecule has 1 aromatic rings. The van der Waals surface area contributed by atoms with Crippen LogP contribution in [0.5, 0.6) is 5.75 Å². The van der Waals surface area contributed by atoms with Gasteiger partial charge in [0.05, 0.1) is 5.75 Å².